The number of carbonyl (C=O) groups is 1. The monoisotopic (exact) mass is 486 g/mol. The molecule has 190 valence electrons. The van der Waals surface area contributed by atoms with Crippen LogP contribution in [0.1, 0.15) is 36.8 Å². The summed E-state index contributed by atoms with van der Waals surface area (Å²) >= 11 is 0. The molecule has 2 heterocycles. The Labute approximate surface area is 206 Å². The molecule has 0 bridgehead atoms. The first-order chi connectivity index (χ1) is 16.9. The number of hydrogen-bond donors (Lipinski definition) is 1. The van der Waals surface area contributed by atoms with Gasteiger partial charge >= 0.3 is 6.03 Å². The van der Waals surface area contributed by atoms with Crippen molar-refractivity contribution in [3.8, 4) is 5.75 Å². The number of piperidine rings is 1. The van der Waals surface area contributed by atoms with Crippen molar-refractivity contribution in [2.24, 2.45) is 5.92 Å². The summed E-state index contributed by atoms with van der Waals surface area (Å²) in [5.41, 5.74) is 1.88. The molecule has 2 saturated heterocycles. The average Bonchev–Trinajstić information content (AvgIpc) is 2.91. The summed E-state index contributed by atoms with van der Waals surface area (Å²) in [7, 11) is 3.41. The van der Waals surface area contributed by atoms with Crippen molar-refractivity contribution in [3.05, 3.63) is 59.4 Å². The molecule has 7 nitrogen and oxygen atoms in total. The molecule has 1 N–H and O–H groups in total. The number of nitrogens with zero attached hydrogens (tertiary/aromatic N) is 2. The highest BCUT2D eigenvalue weighted by Gasteiger charge is 2.35. The van der Waals surface area contributed by atoms with E-state index >= 15 is 0 Å². The Bertz CT molecular complexity index is 994. The number of carbonyl (C=O) groups excluding carboxylic acids is 1. The van der Waals surface area contributed by atoms with Crippen LogP contribution in [0, 0.1) is 11.7 Å². The van der Waals surface area contributed by atoms with Crippen LogP contribution < -0.4 is 9.64 Å². The van der Waals surface area contributed by atoms with E-state index in [2.05, 4.69) is 0 Å². The van der Waals surface area contributed by atoms with E-state index in [1.54, 1.807) is 24.0 Å². The van der Waals surface area contributed by atoms with Crippen LogP contribution in [0.4, 0.5) is 14.9 Å². The maximum absolute atomic E-state index is 14.4. The Morgan fingerprint density at radius 2 is 1.97 bits per heavy atom. The van der Waals surface area contributed by atoms with E-state index in [0.717, 1.165) is 29.7 Å². The minimum absolute atomic E-state index is 0.0698. The Morgan fingerprint density at radius 3 is 2.66 bits per heavy atom. The fourth-order valence-corrected chi connectivity index (χ4v) is 4.91. The van der Waals surface area contributed by atoms with Crippen molar-refractivity contribution in [1.29, 1.82) is 0 Å². The molecule has 35 heavy (non-hydrogen) atoms. The Morgan fingerprint density at radius 1 is 1.23 bits per heavy atom. The third-order valence-electron chi connectivity index (χ3n) is 7.15. The maximum atomic E-state index is 14.4. The molecule has 2 aliphatic rings. The molecular weight excluding hydrogens is 451 g/mol. The molecule has 0 spiro atoms. The topological polar surface area (TPSA) is 71.5 Å². The lowest BCUT2D eigenvalue weighted by Crippen LogP contribution is -2.47. The zero-order chi connectivity index (χ0) is 24.8. The van der Waals surface area contributed by atoms with Gasteiger partial charge < -0.3 is 24.2 Å². The van der Waals surface area contributed by atoms with Gasteiger partial charge in [-0.15, -0.1) is 0 Å². The van der Waals surface area contributed by atoms with Crippen molar-refractivity contribution < 1.29 is 28.5 Å². The summed E-state index contributed by atoms with van der Waals surface area (Å²) < 4.78 is 31.6. The number of urea groups is 1. The van der Waals surface area contributed by atoms with Crippen molar-refractivity contribution in [1.82, 2.24) is 4.90 Å². The third-order valence-corrected chi connectivity index (χ3v) is 7.15. The number of rotatable bonds is 7. The zero-order valence-electron chi connectivity index (χ0n) is 20.5. The van der Waals surface area contributed by atoms with Gasteiger partial charge in [0.2, 0.25) is 0 Å². The summed E-state index contributed by atoms with van der Waals surface area (Å²) in [6.07, 6.45) is 3.19. The highest BCUT2D eigenvalue weighted by Crippen LogP contribution is 2.37. The van der Waals surface area contributed by atoms with Crippen molar-refractivity contribution in [3.63, 3.8) is 0 Å². The molecule has 0 radical (unpaired) electrons. The number of anilines is 1. The van der Waals surface area contributed by atoms with Crippen molar-refractivity contribution in [2.75, 3.05) is 52.0 Å². The Kier molecular flexibility index (Phi) is 8.26. The average molecular weight is 487 g/mol. The van der Waals surface area contributed by atoms with Gasteiger partial charge in [-0.1, -0.05) is 12.1 Å². The highest BCUT2D eigenvalue weighted by molar-refractivity contribution is 5.91. The lowest BCUT2D eigenvalue weighted by molar-refractivity contribution is -0.0950. The number of halogens is 1. The van der Waals surface area contributed by atoms with Crippen LogP contribution in [-0.2, 0) is 21.7 Å². The van der Waals surface area contributed by atoms with Gasteiger partial charge in [-0.3, -0.25) is 4.90 Å². The van der Waals surface area contributed by atoms with Crippen LogP contribution in [0.25, 0.3) is 0 Å². The number of aliphatic hydroxyl groups is 1. The maximum Gasteiger partial charge on any atom is 0.324 e. The first kappa shape index (κ1) is 25.4. The molecule has 8 heteroatoms. The molecule has 2 fully saturated rings. The van der Waals surface area contributed by atoms with E-state index in [4.69, 9.17) is 14.2 Å². The fraction of sp³-hybridized carbons (Fsp3) is 0.519. The number of amides is 2. The second-order valence-electron chi connectivity index (χ2n) is 9.42. The van der Waals surface area contributed by atoms with E-state index in [-0.39, 0.29) is 31.0 Å². The summed E-state index contributed by atoms with van der Waals surface area (Å²) in [4.78, 5) is 16.3. The molecule has 0 aromatic heterocycles. The predicted octanol–water partition coefficient (Wildman–Crippen LogP) is 4.32. The molecule has 1 unspecified atom stereocenters. The first-order valence-electron chi connectivity index (χ1n) is 12.2. The normalized spacial score (nSPS) is 19.9. The number of methoxy groups -OCH3 is 1. The lowest BCUT2D eigenvalue weighted by atomic mass is 9.86. The van der Waals surface area contributed by atoms with Gasteiger partial charge in [0.1, 0.15) is 18.2 Å². The van der Waals surface area contributed by atoms with Crippen LogP contribution in [0.2, 0.25) is 0 Å². The standard InChI is InChI=1S/C27H35FN2O5/c1-29(26(32)30-11-3-4-21(17-30)18-31)24-7-5-20(6-8-24)19-35-25-15-22(14-23(28)16-25)27(33-2)9-12-34-13-10-27/h5-8,14-16,21,31H,3-4,9-13,17-19H2,1-2H3. The molecule has 2 aromatic rings. The third kappa shape index (κ3) is 5.94. The van der Waals surface area contributed by atoms with Gasteiger partial charge in [0.05, 0.1) is 5.60 Å². The Hall–Kier alpha value is -2.68. The molecule has 0 saturated carbocycles. The summed E-state index contributed by atoms with van der Waals surface area (Å²) in [5, 5.41) is 9.44. The smallest absolute Gasteiger partial charge is 0.324 e. The summed E-state index contributed by atoms with van der Waals surface area (Å²) in [6, 6.07) is 12.2. The molecule has 2 aromatic carbocycles. The summed E-state index contributed by atoms with van der Waals surface area (Å²) in [6.45, 7) is 2.81. The molecule has 0 aliphatic carbocycles. The van der Waals surface area contributed by atoms with Crippen LogP contribution in [0.5, 0.6) is 5.75 Å². The fourth-order valence-electron chi connectivity index (χ4n) is 4.91. The first-order valence-corrected chi connectivity index (χ1v) is 12.2. The van der Waals surface area contributed by atoms with E-state index in [1.807, 2.05) is 30.3 Å². The minimum atomic E-state index is -0.567. The van der Waals surface area contributed by atoms with Gasteiger partial charge in [-0.05, 0) is 54.2 Å². The molecule has 2 amide bonds. The number of hydrogen-bond acceptors (Lipinski definition) is 5. The lowest BCUT2D eigenvalue weighted by Gasteiger charge is -2.36. The largest absolute Gasteiger partial charge is 0.489 e. The second kappa shape index (κ2) is 11.4. The van der Waals surface area contributed by atoms with E-state index in [0.29, 0.717) is 44.9 Å². The SMILES string of the molecule is COC1(c2cc(F)cc(OCc3ccc(N(C)C(=O)N4CCCC(CO)C4)cc3)c2)CCOCC1. The molecular formula is C27H35FN2O5. The van der Waals surface area contributed by atoms with Crippen LogP contribution in [0.3, 0.4) is 0 Å². The number of benzene rings is 2. The van der Waals surface area contributed by atoms with E-state index in [1.165, 1.54) is 12.1 Å². The molecule has 2 aliphatic heterocycles. The number of likely N-dealkylation sites (tertiary alicyclic amines) is 1. The number of ether oxygens (including phenoxy) is 3. The van der Waals surface area contributed by atoms with Crippen LogP contribution >= 0.6 is 0 Å². The minimum Gasteiger partial charge on any atom is -0.489 e. The molecule has 1 atom stereocenters. The van der Waals surface area contributed by atoms with Crippen molar-refractivity contribution >= 4 is 11.7 Å². The quantitative estimate of drug-likeness (QED) is 0.631. The Balaban J connectivity index is 1.39. The second-order valence-corrected chi connectivity index (χ2v) is 9.42. The predicted molar refractivity (Wildman–Crippen MR) is 131 cm³/mol. The number of aliphatic hydroxyl groups excluding tert-OH is 1. The van der Waals surface area contributed by atoms with Gasteiger partial charge in [-0.2, -0.15) is 0 Å². The molecule has 4 rings (SSSR count). The van der Waals surface area contributed by atoms with E-state index in [9.17, 15) is 14.3 Å². The van der Waals surface area contributed by atoms with Crippen LogP contribution in [0.15, 0.2) is 42.5 Å². The zero-order valence-corrected chi connectivity index (χ0v) is 20.5. The summed E-state index contributed by atoms with van der Waals surface area (Å²) in [5.74, 6) is 0.231. The highest BCUT2D eigenvalue weighted by atomic mass is 19.1. The van der Waals surface area contributed by atoms with Gasteiger partial charge in [-0.25, -0.2) is 9.18 Å². The van der Waals surface area contributed by atoms with Crippen molar-refractivity contribution in [2.45, 2.75) is 37.9 Å². The van der Waals surface area contributed by atoms with Crippen LogP contribution in [-0.4, -0.2) is 63.1 Å². The van der Waals surface area contributed by atoms with E-state index < -0.39 is 5.60 Å². The van der Waals surface area contributed by atoms with Gasteiger partial charge in [0.15, 0.2) is 0 Å². The van der Waals surface area contributed by atoms with Gasteiger partial charge in [0.25, 0.3) is 0 Å². The van der Waals surface area contributed by atoms with Gasteiger partial charge in [0, 0.05) is 71.7 Å².